The van der Waals surface area contributed by atoms with Gasteiger partial charge in [-0.2, -0.15) is 0 Å². The van der Waals surface area contributed by atoms with E-state index in [2.05, 4.69) is 16.9 Å². The Morgan fingerprint density at radius 3 is 3.25 bits per heavy atom. The van der Waals surface area contributed by atoms with E-state index in [-0.39, 0.29) is 0 Å². The molecule has 2 rings (SSSR count). The van der Waals surface area contributed by atoms with Gasteiger partial charge in [0.1, 0.15) is 5.82 Å². The first kappa shape index (κ1) is 7.87. The molecule has 0 unspecified atom stereocenters. The molecular formula is C9H11ClN2. The maximum absolute atomic E-state index is 5.84. The molecule has 0 N–H and O–H groups in total. The van der Waals surface area contributed by atoms with Crippen molar-refractivity contribution in [3.05, 3.63) is 22.8 Å². The molecule has 0 bridgehead atoms. The molecule has 0 radical (unpaired) electrons. The minimum Gasteiger partial charge on any atom is -0.359 e. The highest BCUT2D eigenvalue weighted by Gasteiger charge is 2.14. The van der Waals surface area contributed by atoms with E-state index in [0.717, 1.165) is 23.8 Å². The lowest BCUT2D eigenvalue weighted by Crippen LogP contribution is -2.25. The van der Waals surface area contributed by atoms with Gasteiger partial charge in [-0.05, 0) is 24.5 Å². The van der Waals surface area contributed by atoms with Gasteiger partial charge < -0.3 is 4.90 Å². The number of pyridine rings is 1. The maximum Gasteiger partial charge on any atom is 0.131 e. The van der Waals surface area contributed by atoms with E-state index in [1.807, 2.05) is 6.07 Å². The van der Waals surface area contributed by atoms with Crippen molar-refractivity contribution in [2.75, 3.05) is 18.5 Å². The van der Waals surface area contributed by atoms with Crippen LogP contribution in [0, 0.1) is 0 Å². The van der Waals surface area contributed by atoms with Gasteiger partial charge in [-0.1, -0.05) is 11.6 Å². The summed E-state index contributed by atoms with van der Waals surface area (Å²) in [6.45, 7) is 1.10. The van der Waals surface area contributed by atoms with Crippen molar-refractivity contribution >= 4 is 17.4 Å². The lowest BCUT2D eigenvalue weighted by atomic mass is 10.1. The van der Waals surface area contributed by atoms with Crippen molar-refractivity contribution < 1.29 is 0 Å². The molecule has 0 aromatic carbocycles. The third-order valence-corrected chi connectivity index (χ3v) is 2.42. The zero-order valence-electron chi connectivity index (χ0n) is 7.05. The molecule has 1 aliphatic heterocycles. The summed E-state index contributed by atoms with van der Waals surface area (Å²) in [5.41, 5.74) is 1.27. The predicted molar refractivity (Wildman–Crippen MR) is 50.8 cm³/mol. The molecule has 1 aromatic heterocycles. The Morgan fingerprint density at radius 1 is 1.58 bits per heavy atom. The van der Waals surface area contributed by atoms with Gasteiger partial charge in [0.15, 0.2) is 0 Å². The number of aromatic nitrogens is 1. The second-order valence-corrected chi connectivity index (χ2v) is 3.60. The summed E-state index contributed by atoms with van der Waals surface area (Å²) in [6.07, 6.45) is 4.01. The Balaban J connectivity index is 2.46. The minimum atomic E-state index is 0.740. The number of halogens is 1. The van der Waals surface area contributed by atoms with Gasteiger partial charge in [0.2, 0.25) is 0 Å². The van der Waals surface area contributed by atoms with Crippen LogP contribution in [-0.2, 0) is 6.42 Å². The molecule has 0 atom stereocenters. The maximum atomic E-state index is 5.84. The van der Waals surface area contributed by atoms with Crippen LogP contribution in [0.1, 0.15) is 12.0 Å². The minimum absolute atomic E-state index is 0.740. The molecule has 64 valence electrons. The average Bonchev–Trinajstić information content (AvgIpc) is 2.04. The van der Waals surface area contributed by atoms with Gasteiger partial charge in [0.05, 0.1) is 5.02 Å². The second kappa shape index (κ2) is 2.94. The fraction of sp³-hybridized carbons (Fsp3) is 0.444. The molecule has 12 heavy (non-hydrogen) atoms. The summed E-state index contributed by atoms with van der Waals surface area (Å²) < 4.78 is 0. The van der Waals surface area contributed by atoms with Crippen molar-refractivity contribution in [2.45, 2.75) is 12.8 Å². The quantitative estimate of drug-likeness (QED) is 0.611. The molecule has 0 amide bonds. The summed E-state index contributed by atoms with van der Waals surface area (Å²) in [6, 6.07) is 2.01. The van der Waals surface area contributed by atoms with Crippen LogP contribution in [0.2, 0.25) is 5.02 Å². The number of aryl methyl sites for hydroxylation is 1. The number of anilines is 1. The van der Waals surface area contributed by atoms with Gasteiger partial charge in [0.25, 0.3) is 0 Å². The first-order chi connectivity index (χ1) is 5.77. The Bertz CT molecular complexity index is 299. The van der Waals surface area contributed by atoms with E-state index in [1.54, 1.807) is 6.20 Å². The zero-order chi connectivity index (χ0) is 8.55. The molecule has 2 heterocycles. The Labute approximate surface area is 77.2 Å². The van der Waals surface area contributed by atoms with E-state index >= 15 is 0 Å². The fourth-order valence-electron chi connectivity index (χ4n) is 1.61. The molecule has 1 aromatic rings. The number of rotatable bonds is 0. The number of fused-ring (bicyclic) bond motifs is 1. The predicted octanol–water partition coefficient (Wildman–Crippen LogP) is 2.12. The molecule has 3 heteroatoms. The van der Waals surface area contributed by atoms with E-state index in [0.29, 0.717) is 0 Å². The van der Waals surface area contributed by atoms with Crippen molar-refractivity contribution in [1.82, 2.24) is 4.98 Å². The van der Waals surface area contributed by atoms with Crippen LogP contribution in [0.5, 0.6) is 0 Å². The highest BCUT2D eigenvalue weighted by atomic mass is 35.5. The van der Waals surface area contributed by atoms with Gasteiger partial charge >= 0.3 is 0 Å². The monoisotopic (exact) mass is 182 g/mol. The lowest BCUT2D eigenvalue weighted by Gasteiger charge is -2.25. The topological polar surface area (TPSA) is 16.1 Å². The smallest absolute Gasteiger partial charge is 0.131 e. The van der Waals surface area contributed by atoms with Crippen molar-refractivity contribution in [2.24, 2.45) is 0 Å². The molecule has 0 saturated heterocycles. The first-order valence-electron chi connectivity index (χ1n) is 4.13. The summed E-state index contributed by atoms with van der Waals surface area (Å²) in [7, 11) is 2.07. The van der Waals surface area contributed by atoms with Crippen LogP contribution in [0.25, 0.3) is 0 Å². The normalized spacial score (nSPS) is 16.0. The standard InChI is InChI=1S/C9H11ClN2/c1-12-4-2-3-7-5-8(10)6-11-9(7)12/h5-6H,2-4H2,1H3. The molecule has 0 aliphatic carbocycles. The van der Waals surface area contributed by atoms with Crippen LogP contribution < -0.4 is 4.90 Å². The number of nitrogens with zero attached hydrogens (tertiary/aromatic N) is 2. The number of hydrogen-bond donors (Lipinski definition) is 0. The third kappa shape index (κ3) is 1.27. The highest BCUT2D eigenvalue weighted by Crippen LogP contribution is 2.25. The van der Waals surface area contributed by atoms with Gasteiger partial charge in [-0.3, -0.25) is 0 Å². The van der Waals surface area contributed by atoms with Crippen LogP contribution in [-0.4, -0.2) is 18.6 Å². The first-order valence-corrected chi connectivity index (χ1v) is 4.51. The van der Waals surface area contributed by atoms with Crippen LogP contribution >= 0.6 is 11.6 Å². The lowest BCUT2D eigenvalue weighted by molar-refractivity contribution is 0.730. The largest absolute Gasteiger partial charge is 0.359 e. The second-order valence-electron chi connectivity index (χ2n) is 3.16. The Kier molecular flexibility index (Phi) is 1.93. The zero-order valence-corrected chi connectivity index (χ0v) is 7.80. The fourth-order valence-corrected chi connectivity index (χ4v) is 1.79. The molecule has 0 spiro atoms. The summed E-state index contributed by atoms with van der Waals surface area (Å²) in [5.74, 6) is 1.09. The Hall–Kier alpha value is -0.760. The van der Waals surface area contributed by atoms with Crippen LogP contribution in [0.3, 0.4) is 0 Å². The van der Waals surface area contributed by atoms with E-state index in [1.165, 1.54) is 12.0 Å². The van der Waals surface area contributed by atoms with Crippen molar-refractivity contribution in [1.29, 1.82) is 0 Å². The summed E-state index contributed by atoms with van der Waals surface area (Å²) in [5, 5.41) is 0.740. The van der Waals surface area contributed by atoms with Gasteiger partial charge in [-0.25, -0.2) is 4.98 Å². The van der Waals surface area contributed by atoms with Crippen LogP contribution in [0.15, 0.2) is 12.3 Å². The number of hydrogen-bond acceptors (Lipinski definition) is 2. The summed E-state index contributed by atoms with van der Waals surface area (Å²) in [4.78, 5) is 6.47. The molecule has 0 fully saturated rings. The van der Waals surface area contributed by atoms with Gasteiger partial charge in [0, 0.05) is 19.8 Å². The molecule has 1 aliphatic rings. The van der Waals surface area contributed by atoms with Crippen molar-refractivity contribution in [3.8, 4) is 0 Å². The Morgan fingerprint density at radius 2 is 2.42 bits per heavy atom. The SMILES string of the molecule is CN1CCCc2cc(Cl)cnc21. The highest BCUT2D eigenvalue weighted by molar-refractivity contribution is 6.30. The van der Waals surface area contributed by atoms with E-state index < -0.39 is 0 Å². The van der Waals surface area contributed by atoms with Crippen molar-refractivity contribution in [3.63, 3.8) is 0 Å². The van der Waals surface area contributed by atoms with E-state index in [4.69, 9.17) is 11.6 Å². The molecule has 2 nitrogen and oxygen atoms in total. The average molecular weight is 183 g/mol. The summed E-state index contributed by atoms with van der Waals surface area (Å²) >= 11 is 5.84. The third-order valence-electron chi connectivity index (χ3n) is 2.21. The van der Waals surface area contributed by atoms with E-state index in [9.17, 15) is 0 Å². The molecule has 0 saturated carbocycles. The van der Waals surface area contributed by atoms with Crippen LogP contribution in [0.4, 0.5) is 5.82 Å². The molecular weight excluding hydrogens is 172 g/mol. The van der Waals surface area contributed by atoms with Gasteiger partial charge in [-0.15, -0.1) is 0 Å².